The summed E-state index contributed by atoms with van der Waals surface area (Å²) in [6.07, 6.45) is 9.20. The van der Waals surface area contributed by atoms with E-state index in [1.165, 1.54) is 24.6 Å². The smallest absolute Gasteiger partial charge is 0.255 e. The summed E-state index contributed by atoms with van der Waals surface area (Å²) in [7, 11) is 0. The lowest BCUT2D eigenvalue weighted by molar-refractivity contribution is -0.140. The van der Waals surface area contributed by atoms with Crippen molar-refractivity contribution in [2.24, 2.45) is 11.7 Å². The van der Waals surface area contributed by atoms with Crippen molar-refractivity contribution in [1.82, 2.24) is 4.90 Å². The molecule has 2 aromatic rings. The standard InChI is InChI=1S/C27H34FN3O2/c28-22-10-5-9-21(17-22)26(32)30-24-11-4-6-19(16-24)18-31(25-14-12-23(29)13-15-25)27(33)20-7-2-1-3-8-20/h4-6,9-11,16-17,20,23,25H,1-3,7-8,12-15,18,29H2,(H,30,32). The number of amides is 2. The minimum absolute atomic E-state index is 0.116. The summed E-state index contributed by atoms with van der Waals surface area (Å²) in [5.41, 5.74) is 8.01. The zero-order valence-electron chi connectivity index (χ0n) is 19.1. The molecule has 4 rings (SSSR count). The molecule has 2 fully saturated rings. The first-order chi connectivity index (χ1) is 16.0. The van der Waals surface area contributed by atoms with Gasteiger partial charge >= 0.3 is 0 Å². The normalized spacial score (nSPS) is 21.4. The van der Waals surface area contributed by atoms with Gasteiger partial charge in [0.15, 0.2) is 0 Å². The van der Waals surface area contributed by atoms with Gasteiger partial charge in [-0.05, 0) is 74.4 Å². The van der Waals surface area contributed by atoms with Gasteiger partial charge in [-0.15, -0.1) is 0 Å². The number of carbonyl (C=O) groups is 2. The van der Waals surface area contributed by atoms with Gasteiger partial charge < -0.3 is 16.0 Å². The van der Waals surface area contributed by atoms with Crippen molar-refractivity contribution in [3.8, 4) is 0 Å². The average Bonchev–Trinajstić information content (AvgIpc) is 2.83. The van der Waals surface area contributed by atoms with Crippen LogP contribution in [0.25, 0.3) is 0 Å². The number of halogens is 1. The highest BCUT2D eigenvalue weighted by Crippen LogP contribution is 2.30. The maximum Gasteiger partial charge on any atom is 0.255 e. The topological polar surface area (TPSA) is 75.4 Å². The summed E-state index contributed by atoms with van der Waals surface area (Å²) in [5.74, 6) is -0.418. The van der Waals surface area contributed by atoms with Gasteiger partial charge in [-0.1, -0.05) is 37.5 Å². The fraction of sp³-hybridized carbons (Fsp3) is 0.481. The van der Waals surface area contributed by atoms with E-state index in [0.29, 0.717) is 12.2 Å². The van der Waals surface area contributed by atoms with Crippen LogP contribution in [0.15, 0.2) is 48.5 Å². The Morgan fingerprint density at radius 3 is 2.39 bits per heavy atom. The molecule has 0 radical (unpaired) electrons. The molecule has 176 valence electrons. The number of nitrogens with one attached hydrogen (secondary N) is 1. The first kappa shape index (κ1) is 23.4. The van der Waals surface area contributed by atoms with Crippen molar-refractivity contribution in [2.45, 2.75) is 76.4 Å². The van der Waals surface area contributed by atoms with Crippen molar-refractivity contribution < 1.29 is 14.0 Å². The Morgan fingerprint density at radius 2 is 1.67 bits per heavy atom. The lowest BCUT2D eigenvalue weighted by Gasteiger charge is -2.39. The number of hydrogen-bond donors (Lipinski definition) is 2. The molecule has 0 unspecified atom stereocenters. The number of benzene rings is 2. The molecule has 3 N–H and O–H groups in total. The van der Waals surface area contributed by atoms with Crippen molar-refractivity contribution >= 4 is 17.5 Å². The molecule has 0 heterocycles. The SMILES string of the molecule is NC1CCC(N(Cc2cccc(NC(=O)c3cccc(F)c3)c2)C(=O)C2CCCCC2)CC1. The summed E-state index contributed by atoms with van der Waals surface area (Å²) in [6.45, 7) is 0.527. The summed E-state index contributed by atoms with van der Waals surface area (Å²) < 4.78 is 13.5. The van der Waals surface area contributed by atoms with Crippen LogP contribution >= 0.6 is 0 Å². The Kier molecular flexibility index (Phi) is 7.76. The first-order valence-corrected chi connectivity index (χ1v) is 12.2. The van der Waals surface area contributed by atoms with Crippen molar-refractivity contribution in [3.63, 3.8) is 0 Å². The fourth-order valence-electron chi connectivity index (χ4n) is 5.16. The van der Waals surface area contributed by atoms with Crippen LogP contribution in [0.3, 0.4) is 0 Å². The molecule has 0 aromatic heterocycles. The zero-order chi connectivity index (χ0) is 23.2. The number of rotatable bonds is 6. The molecule has 0 aliphatic heterocycles. The summed E-state index contributed by atoms with van der Waals surface area (Å²) in [4.78, 5) is 28.2. The van der Waals surface area contributed by atoms with Crippen LogP contribution in [0.5, 0.6) is 0 Å². The van der Waals surface area contributed by atoms with Crippen LogP contribution in [0.1, 0.15) is 73.7 Å². The van der Waals surface area contributed by atoms with Gasteiger partial charge in [0.05, 0.1) is 0 Å². The second-order valence-electron chi connectivity index (χ2n) is 9.53. The molecule has 0 atom stereocenters. The lowest BCUT2D eigenvalue weighted by atomic mass is 9.85. The quantitative estimate of drug-likeness (QED) is 0.629. The molecule has 2 amide bonds. The molecule has 33 heavy (non-hydrogen) atoms. The first-order valence-electron chi connectivity index (χ1n) is 12.2. The van der Waals surface area contributed by atoms with Gasteiger partial charge in [0, 0.05) is 35.8 Å². The number of hydrogen-bond acceptors (Lipinski definition) is 3. The maximum atomic E-state index is 13.6. The number of carbonyl (C=O) groups excluding carboxylic acids is 2. The van der Waals surface area contributed by atoms with Gasteiger partial charge in [-0.3, -0.25) is 9.59 Å². The van der Waals surface area contributed by atoms with Gasteiger partial charge in [0.25, 0.3) is 5.91 Å². The minimum atomic E-state index is -0.444. The minimum Gasteiger partial charge on any atom is -0.335 e. The Labute approximate surface area is 195 Å². The molecular formula is C27H34FN3O2. The number of nitrogens with zero attached hydrogens (tertiary/aromatic N) is 1. The zero-order valence-corrected chi connectivity index (χ0v) is 19.1. The second-order valence-corrected chi connectivity index (χ2v) is 9.53. The molecule has 2 aliphatic carbocycles. The van der Waals surface area contributed by atoms with E-state index in [2.05, 4.69) is 10.2 Å². The van der Waals surface area contributed by atoms with Crippen molar-refractivity contribution in [2.75, 3.05) is 5.32 Å². The molecular weight excluding hydrogens is 417 g/mol. The Morgan fingerprint density at radius 1 is 0.939 bits per heavy atom. The molecule has 5 nitrogen and oxygen atoms in total. The highest BCUT2D eigenvalue weighted by Gasteiger charge is 2.32. The average molecular weight is 452 g/mol. The van der Waals surface area contributed by atoms with Crippen LogP contribution in [-0.2, 0) is 11.3 Å². The van der Waals surface area contributed by atoms with Crippen LogP contribution < -0.4 is 11.1 Å². The largest absolute Gasteiger partial charge is 0.335 e. The maximum absolute atomic E-state index is 13.6. The highest BCUT2D eigenvalue weighted by molar-refractivity contribution is 6.04. The Bertz CT molecular complexity index is 965. The third-order valence-electron chi connectivity index (χ3n) is 7.04. The van der Waals surface area contributed by atoms with Gasteiger partial charge in [-0.25, -0.2) is 4.39 Å². The van der Waals surface area contributed by atoms with E-state index < -0.39 is 5.82 Å². The predicted molar refractivity (Wildman–Crippen MR) is 128 cm³/mol. The summed E-state index contributed by atoms with van der Waals surface area (Å²) in [6, 6.07) is 13.7. The molecule has 0 spiro atoms. The monoisotopic (exact) mass is 451 g/mol. The molecule has 0 bridgehead atoms. The van der Waals surface area contributed by atoms with Crippen molar-refractivity contribution in [1.29, 1.82) is 0 Å². The molecule has 2 aromatic carbocycles. The fourth-order valence-corrected chi connectivity index (χ4v) is 5.16. The molecule has 2 aliphatic rings. The van der Waals surface area contributed by atoms with E-state index in [0.717, 1.165) is 56.9 Å². The van der Waals surface area contributed by atoms with Crippen LogP contribution in [0.4, 0.5) is 10.1 Å². The second kappa shape index (κ2) is 10.9. The van der Waals surface area contributed by atoms with E-state index in [4.69, 9.17) is 5.73 Å². The van der Waals surface area contributed by atoms with Crippen LogP contribution in [0, 0.1) is 11.7 Å². The summed E-state index contributed by atoms with van der Waals surface area (Å²) >= 11 is 0. The van der Waals surface area contributed by atoms with Crippen LogP contribution in [0.2, 0.25) is 0 Å². The lowest BCUT2D eigenvalue weighted by Crippen LogP contribution is -2.46. The van der Waals surface area contributed by atoms with Gasteiger partial charge in [0.2, 0.25) is 5.91 Å². The highest BCUT2D eigenvalue weighted by atomic mass is 19.1. The molecule has 2 saturated carbocycles. The van der Waals surface area contributed by atoms with E-state index in [9.17, 15) is 14.0 Å². The summed E-state index contributed by atoms with van der Waals surface area (Å²) in [5, 5.41) is 2.85. The van der Waals surface area contributed by atoms with Crippen LogP contribution in [-0.4, -0.2) is 28.8 Å². The number of anilines is 1. The van der Waals surface area contributed by atoms with E-state index in [1.807, 2.05) is 24.3 Å². The number of nitrogens with two attached hydrogens (primary N) is 1. The third kappa shape index (κ3) is 6.20. The predicted octanol–water partition coefficient (Wildman–Crippen LogP) is 5.26. The van der Waals surface area contributed by atoms with E-state index >= 15 is 0 Å². The Hall–Kier alpha value is -2.73. The molecule has 0 saturated heterocycles. The Balaban J connectivity index is 1.49. The van der Waals surface area contributed by atoms with E-state index in [1.54, 1.807) is 6.07 Å². The van der Waals surface area contributed by atoms with Gasteiger partial charge in [0.1, 0.15) is 5.82 Å². The van der Waals surface area contributed by atoms with E-state index in [-0.39, 0.29) is 35.4 Å². The van der Waals surface area contributed by atoms with Crippen molar-refractivity contribution in [3.05, 3.63) is 65.5 Å². The third-order valence-corrected chi connectivity index (χ3v) is 7.04. The van der Waals surface area contributed by atoms with Gasteiger partial charge in [-0.2, -0.15) is 0 Å². The molecule has 6 heteroatoms.